The molecule has 2 aromatic rings. The van der Waals surface area contributed by atoms with Gasteiger partial charge in [0.25, 0.3) is 5.91 Å². The fourth-order valence-corrected chi connectivity index (χ4v) is 2.52. The van der Waals surface area contributed by atoms with Crippen LogP contribution in [0.5, 0.6) is 0 Å². The van der Waals surface area contributed by atoms with Crippen LogP contribution in [0, 0.1) is 24.0 Å². The lowest BCUT2D eigenvalue weighted by molar-refractivity contribution is -0.386. The fraction of sp³-hybridized carbons (Fsp3) is 0.353. The molecule has 2 rings (SSSR count). The van der Waals surface area contributed by atoms with Crippen LogP contribution >= 0.6 is 0 Å². The Morgan fingerprint density at radius 2 is 1.88 bits per heavy atom. The first kappa shape index (κ1) is 19.1. The number of ether oxygens (including phenoxy) is 1. The van der Waals surface area contributed by atoms with Crippen LogP contribution in [0.1, 0.15) is 23.1 Å². The van der Waals surface area contributed by atoms with E-state index in [9.17, 15) is 19.7 Å². The molecular formula is C17H20N4O5. The van der Waals surface area contributed by atoms with Crippen LogP contribution in [0.4, 0.5) is 5.69 Å². The van der Waals surface area contributed by atoms with Gasteiger partial charge in [-0.25, -0.2) is 0 Å². The van der Waals surface area contributed by atoms with E-state index in [4.69, 9.17) is 4.74 Å². The number of hydrogen-bond acceptors (Lipinski definition) is 6. The first-order chi connectivity index (χ1) is 12.2. The van der Waals surface area contributed by atoms with Gasteiger partial charge >= 0.3 is 11.7 Å². The van der Waals surface area contributed by atoms with E-state index >= 15 is 0 Å². The van der Waals surface area contributed by atoms with E-state index in [2.05, 4.69) is 5.10 Å². The Kier molecular flexibility index (Phi) is 5.71. The molecule has 0 aliphatic carbocycles. The number of nitrogens with zero attached hydrogens (tertiary/aromatic N) is 4. The molecule has 1 atom stereocenters. The molecule has 26 heavy (non-hydrogen) atoms. The minimum Gasteiger partial charge on any atom is -0.446 e. The Labute approximate surface area is 150 Å². The highest BCUT2D eigenvalue weighted by molar-refractivity contribution is 5.84. The highest BCUT2D eigenvalue weighted by Crippen LogP contribution is 2.23. The van der Waals surface area contributed by atoms with E-state index in [1.165, 1.54) is 23.4 Å². The highest BCUT2D eigenvalue weighted by Gasteiger charge is 2.28. The molecule has 9 nitrogen and oxygen atoms in total. The number of carbonyl (C=O) groups excluding carboxylic acids is 2. The van der Waals surface area contributed by atoms with E-state index in [-0.39, 0.29) is 29.5 Å². The van der Waals surface area contributed by atoms with Gasteiger partial charge in [-0.1, -0.05) is 30.3 Å². The maximum absolute atomic E-state index is 12.4. The zero-order valence-corrected chi connectivity index (χ0v) is 15.0. The summed E-state index contributed by atoms with van der Waals surface area (Å²) in [5.74, 6) is -1.10. The summed E-state index contributed by atoms with van der Waals surface area (Å²) in [5.41, 5.74) is 0.865. The first-order valence-electron chi connectivity index (χ1n) is 7.86. The zero-order chi connectivity index (χ0) is 19.4. The van der Waals surface area contributed by atoms with Crippen molar-refractivity contribution in [2.24, 2.45) is 0 Å². The molecule has 1 aromatic carbocycles. The number of rotatable bonds is 6. The molecule has 0 unspecified atom stereocenters. The van der Waals surface area contributed by atoms with Gasteiger partial charge in [0, 0.05) is 19.7 Å². The summed E-state index contributed by atoms with van der Waals surface area (Å²) < 4.78 is 6.57. The number of carbonyl (C=O) groups is 2. The van der Waals surface area contributed by atoms with Crippen LogP contribution < -0.4 is 0 Å². The molecule has 0 radical (unpaired) electrons. The molecule has 0 bridgehead atoms. The highest BCUT2D eigenvalue weighted by atomic mass is 16.6. The van der Waals surface area contributed by atoms with Crippen molar-refractivity contribution >= 4 is 17.6 Å². The van der Waals surface area contributed by atoms with Crippen molar-refractivity contribution in [1.29, 1.82) is 0 Å². The van der Waals surface area contributed by atoms with Gasteiger partial charge in [-0.2, -0.15) is 5.10 Å². The van der Waals surface area contributed by atoms with Crippen LogP contribution in [0.3, 0.4) is 0 Å². The van der Waals surface area contributed by atoms with Crippen LogP contribution in [0.15, 0.2) is 30.3 Å². The maximum atomic E-state index is 12.4. The smallest absolute Gasteiger partial charge is 0.328 e. The van der Waals surface area contributed by atoms with E-state index in [1.54, 1.807) is 44.4 Å². The quantitative estimate of drug-likeness (QED) is 0.441. The number of aryl methyl sites for hydroxylation is 1. The molecule has 138 valence electrons. The summed E-state index contributed by atoms with van der Waals surface area (Å²) in [7, 11) is 3.13. The standard InChI is InChI=1S/C17H20N4O5/c1-11-15(21(24)25)12(2)20(18-11)10-14(22)26-16(17(23)19(3)4)13-8-6-5-7-9-13/h5-9,16H,10H2,1-4H3/t16-/m1/s1. The predicted octanol–water partition coefficient (Wildman–Crippen LogP) is 1.78. The first-order valence-corrected chi connectivity index (χ1v) is 7.86. The minimum atomic E-state index is -1.09. The van der Waals surface area contributed by atoms with Crippen LogP contribution in [0.2, 0.25) is 0 Å². The monoisotopic (exact) mass is 360 g/mol. The number of likely N-dealkylation sites (N-methyl/N-ethyl adjacent to an activating group) is 1. The number of benzene rings is 1. The Balaban J connectivity index is 2.22. The van der Waals surface area contributed by atoms with Crippen molar-refractivity contribution in [3.63, 3.8) is 0 Å². The van der Waals surface area contributed by atoms with Crippen molar-refractivity contribution in [2.75, 3.05) is 14.1 Å². The molecule has 0 spiro atoms. The summed E-state index contributed by atoms with van der Waals surface area (Å²) in [6.45, 7) is 2.67. The number of amides is 1. The van der Waals surface area contributed by atoms with E-state index in [1.807, 2.05) is 0 Å². The number of nitro groups is 1. The molecule has 0 saturated heterocycles. The van der Waals surface area contributed by atoms with Gasteiger partial charge in [-0.05, 0) is 13.8 Å². The normalized spacial score (nSPS) is 11.7. The summed E-state index contributed by atoms with van der Waals surface area (Å²) in [4.78, 5) is 36.6. The largest absolute Gasteiger partial charge is 0.446 e. The molecule has 0 aliphatic rings. The molecule has 0 N–H and O–H groups in total. The SMILES string of the molecule is Cc1nn(CC(=O)O[C@@H](C(=O)N(C)C)c2ccccc2)c(C)c1[N+](=O)[O-]. The summed E-state index contributed by atoms with van der Waals surface area (Å²) >= 11 is 0. The van der Waals surface area contributed by atoms with Crippen molar-refractivity contribution in [3.05, 3.63) is 57.4 Å². The van der Waals surface area contributed by atoms with Crippen molar-refractivity contribution < 1.29 is 19.2 Å². The van der Waals surface area contributed by atoms with Crippen LogP contribution in [-0.2, 0) is 20.9 Å². The molecule has 0 aliphatic heterocycles. The van der Waals surface area contributed by atoms with E-state index in [0.29, 0.717) is 5.56 Å². The lowest BCUT2D eigenvalue weighted by atomic mass is 10.1. The van der Waals surface area contributed by atoms with Gasteiger partial charge in [-0.15, -0.1) is 0 Å². The second kappa shape index (κ2) is 7.77. The average Bonchev–Trinajstić information content (AvgIpc) is 2.86. The molecule has 1 aromatic heterocycles. The average molecular weight is 360 g/mol. The Morgan fingerprint density at radius 1 is 1.27 bits per heavy atom. The Hall–Kier alpha value is -3.23. The number of esters is 1. The van der Waals surface area contributed by atoms with Gasteiger partial charge in [0.15, 0.2) is 0 Å². The van der Waals surface area contributed by atoms with Gasteiger partial charge in [0.05, 0.1) is 4.92 Å². The summed E-state index contributed by atoms with van der Waals surface area (Å²) in [6.07, 6.45) is -1.09. The van der Waals surface area contributed by atoms with Crippen molar-refractivity contribution in [2.45, 2.75) is 26.5 Å². The van der Waals surface area contributed by atoms with Gasteiger partial charge in [-0.3, -0.25) is 24.4 Å². The van der Waals surface area contributed by atoms with Gasteiger partial charge < -0.3 is 9.64 Å². The van der Waals surface area contributed by atoms with Gasteiger partial charge in [0.2, 0.25) is 6.10 Å². The Morgan fingerprint density at radius 3 is 2.38 bits per heavy atom. The molecule has 9 heteroatoms. The number of hydrogen-bond donors (Lipinski definition) is 0. The van der Waals surface area contributed by atoms with Crippen molar-refractivity contribution in [1.82, 2.24) is 14.7 Å². The molecule has 0 saturated carbocycles. The molecule has 0 fully saturated rings. The maximum Gasteiger partial charge on any atom is 0.328 e. The lowest BCUT2D eigenvalue weighted by Crippen LogP contribution is -2.32. The minimum absolute atomic E-state index is 0.137. The third-order valence-corrected chi connectivity index (χ3v) is 3.82. The van der Waals surface area contributed by atoms with Crippen molar-refractivity contribution in [3.8, 4) is 0 Å². The fourth-order valence-electron chi connectivity index (χ4n) is 2.52. The second-order valence-corrected chi connectivity index (χ2v) is 5.95. The third-order valence-electron chi connectivity index (χ3n) is 3.82. The van der Waals surface area contributed by atoms with Crippen LogP contribution in [-0.4, -0.2) is 45.6 Å². The third kappa shape index (κ3) is 4.05. The van der Waals surface area contributed by atoms with E-state index < -0.39 is 17.0 Å². The predicted molar refractivity (Wildman–Crippen MR) is 92.3 cm³/mol. The van der Waals surface area contributed by atoms with Gasteiger partial charge in [0.1, 0.15) is 17.9 Å². The molecule has 1 amide bonds. The topological polar surface area (TPSA) is 108 Å². The molecule has 1 heterocycles. The zero-order valence-electron chi connectivity index (χ0n) is 15.0. The summed E-state index contributed by atoms with van der Waals surface area (Å²) in [5, 5.41) is 15.1. The lowest BCUT2D eigenvalue weighted by Gasteiger charge is -2.21. The van der Waals surface area contributed by atoms with E-state index in [0.717, 1.165) is 0 Å². The molecular weight excluding hydrogens is 340 g/mol. The second-order valence-electron chi connectivity index (χ2n) is 5.95. The number of aromatic nitrogens is 2. The Bertz CT molecular complexity index is 829. The summed E-state index contributed by atoms with van der Waals surface area (Å²) in [6, 6.07) is 8.64. The van der Waals surface area contributed by atoms with Crippen LogP contribution in [0.25, 0.3) is 0 Å².